The maximum Gasteiger partial charge on any atom is 0.0701 e. The molecular weight excluding hydrogens is 154 g/mol. The van der Waals surface area contributed by atoms with E-state index in [2.05, 4.69) is 5.32 Å². The third-order valence-corrected chi connectivity index (χ3v) is 2.53. The van der Waals surface area contributed by atoms with Crippen molar-refractivity contribution in [2.24, 2.45) is 0 Å². The molecule has 0 saturated heterocycles. The topological polar surface area (TPSA) is 41.5 Å². The minimum absolute atomic E-state index is 0.145. The number of nitrogens with one attached hydrogen (secondary N) is 1. The molecule has 1 aliphatic rings. The zero-order valence-electron chi connectivity index (χ0n) is 7.75. The minimum Gasteiger partial charge on any atom is -0.394 e. The molecular formula is C9H19NO2. The summed E-state index contributed by atoms with van der Waals surface area (Å²) < 4.78 is 5.45. The highest BCUT2D eigenvalue weighted by molar-refractivity contribution is 4.76. The van der Waals surface area contributed by atoms with Crippen LogP contribution in [0.5, 0.6) is 0 Å². The Morgan fingerprint density at radius 2 is 2.00 bits per heavy atom. The van der Waals surface area contributed by atoms with Crippen molar-refractivity contribution in [3.05, 3.63) is 0 Å². The van der Waals surface area contributed by atoms with Gasteiger partial charge in [0.25, 0.3) is 0 Å². The first-order valence-corrected chi connectivity index (χ1v) is 4.76. The average molecular weight is 173 g/mol. The molecule has 1 rings (SSSR count). The number of hydrogen-bond acceptors (Lipinski definition) is 3. The van der Waals surface area contributed by atoms with Crippen LogP contribution in [0.15, 0.2) is 0 Å². The van der Waals surface area contributed by atoms with E-state index in [4.69, 9.17) is 9.84 Å². The van der Waals surface area contributed by atoms with E-state index in [-0.39, 0.29) is 6.61 Å². The lowest BCUT2D eigenvalue weighted by Gasteiger charge is -2.27. The van der Waals surface area contributed by atoms with Gasteiger partial charge in [0.1, 0.15) is 0 Å². The molecule has 0 spiro atoms. The van der Waals surface area contributed by atoms with Crippen molar-refractivity contribution in [2.75, 3.05) is 20.3 Å². The van der Waals surface area contributed by atoms with E-state index in [1.807, 2.05) is 7.05 Å². The van der Waals surface area contributed by atoms with E-state index in [9.17, 15) is 0 Å². The first-order chi connectivity index (χ1) is 5.86. The van der Waals surface area contributed by atoms with Gasteiger partial charge in [0.15, 0.2) is 0 Å². The molecule has 0 aliphatic heterocycles. The van der Waals surface area contributed by atoms with Crippen LogP contribution in [0.25, 0.3) is 0 Å². The van der Waals surface area contributed by atoms with E-state index in [1.54, 1.807) is 0 Å². The predicted octanol–water partition coefficient (Wildman–Crippen LogP) is 0.526. The Hall–Kier alpha value is -0.120. The Labute approximate surface area is 74.1 Å². The van der Waals surface area contributed by atoms with Gasteiger partial charge in [-0.1, -0.05) is 0 Å². The summed E-state index contributed by atoms with van der Waals surface area (Å²) >= 11 is 0. The highest BCUT2D eigenvalue weighted by Gasteiger charge is 2.19. The van der Waals surface area contributed by atoms with Gasteiger partial charge in [-0.05, 0) is 32.7 Å². The van der Waals surface area contributed by atoms with Crippen LogP contribution in [-0.2, 0) is 4.74 Å². The SMILES string of the molecule is CN[C@H]1CC[C@H](OCCO)CC1. The molecule has 0 atom stereocenters. The molecule has 1 fully saturated rings. The van der Waals surface area contributed by atoms with Crippen LogP contribution in [-0.4, -0.2) is 37.5 Å². The summed E-state index contributed by atoms with van der Waals surface area (Å²) in [6, 6.07) is 0.680. The van der Waals surface area contributed by atoms with E-state index < -0.39 is 0 Å². The minimum atomic E-state index is 0.145. The number of rotatable bonds is 4. The van der Waals surface area contributed by atoms with Gasteiger partial charge in [-0.25, -0.2) is 0 Å². The fraction of sp³-hybridized carbons (Fsp3) is 1.00. The molecule has 3 heteroatoms. The molecule has 0 bridgehead atoms. The Kier molecular flexibility index (Phi) is 4.58. The van der Waals surface area contributed by atoms with Crippen molar-refractivity contribution < 1.29 is 9.84 Å². The molecule has 0 amide bonds. The fourth-order valence-corrected chi connectivity index (χ4v) is 1.74. The maximum absolute atomic E-state index is 8.56. The third kappa shape index (κ3) is 3.09. The largest absolute Gasteiger partial charge is 0.394 e. The van der Waals surface area contributed by atoms with Crippen molar-refractivity contribution in [3.8, 4) is 0 Å². The second-order valence-corrected chi connectivity index (χ2v) is 3.36. The number of aliphatic hydroxyl groups excluding tert-OH is 1. The molecule has 0 unspecified atom stereocenters. The second kappa shape index (κ2) is 5.51. The number of ether oxygens (including phenoxy) is 1. The number of hydrogen-bond donors (Lipinski definition) is 2. The predicted molar refractivity (Wildman–Crippen MR) is 48.1 cm³/mol. The van der Waals surface area contributed by atoms with Gasteiger partial charge in [0.05, 0.1) is 19.3 Å². The van der Waals surface area contributed by atoms with Crippen molar-refractivity contribution >= 4 is 0 Å². The van der Waals surface area contributed by atoms with Gasteiger partial charge in [-0.3, -0.25) is 0 Å². The van der Waals surface area contributed by atoms with Gasteiger partial charge in [-0.15, -0.1) is 0 Å². The summed E-state index contributed by atoms with van der Waals surface area (Å²) in [7, 11) is 2.01. The fourth-order valence-electron chi connectivity index (χ4n) is 1.74. The van der Waals surface area contributed by atoms with Crippen LogP contribution in [0.2, 0.25) is 0 Å². The van der Waals surface area contributed by atoms with Crippen LogP contribution in [0, 0.1) is 0 Å². The van der Waals surface area contributed by atoms with Crippen molar-refractivity contribution in [1.82, 2.24) is 5.32 Å². The molecule has 72 valence electrons. The molecule has 1 saturated carbocycles. The third-order valence-electron chi connectivity index (χ3n) is 2.53. The molecule has 0 aromatic heterocycles. The van der Waals surface area contributed by atoms with Crippen LogP contribution in [0.4, 0.5) is 0 Å². The molecule has 3 nitrogen and oxygen atoms in total. The van der Waals surface area contributed by atoms with Gasteiger partial charge in [0, 0.05) is 6.04 Å². The van der Waals surface area contributed by atoms with Gasteiger partial charge in [0.2, 0.25) is 0 Å². The first kappa shape index (κ1) is 9.96. The van der Waals surface area contributed by atoms with Gasteiger partial charge >= 0.3 is 0 Å². The van der Waals surface area contributed by atoms with E-state index in [1.165, 1.54) is 12.8 Å². The standard InChI is InChI=1S/C9H19NO2/c1-10-8-2-4-9(5-3-8)12-7-6-11/h8-11H,2-7H2,1H3/t8-,9-. The Morgan fingerprint density at radius 1 is 1.33 bits per heavy atom. The molecule has 0 radical (unpaired) electrons. The number of aliphatic hydroxyl groups is 1. The van der Waals surface area contributed by atoms with E-state index >= 15 is 0 Å². The Balaban J connectivity index is 2.09. The molecule has 0 aromatic rings. The summed E-state index contributed by atoms with van der Waals surface area (Å²) in [5.74, 6) is 0. The summed E-state index contributed by atoms with van der Waals surface area (Å²) in [6.07, 6.45) is 5.05. The smallest absolute Gasteiger partial charge is 0.0701 e. The molecule has 0 aromatic carbocycles. The Morgan fingerprint density at radius 3 is 2.50 bits per heavy atom. The summed E-state index contributed by atoms with van der Waals surface area (Å²) in [6.45, 7) is 0.640. The average Bonchev–Trinajstić information content (AvgIpc) is 2.15. The lowest BCUT2D eigenvalue weighted by molar-refractivity contribution is 0.00457. The summed E-state index contributed by atoms with van der Waals surface area (Å²) in [5.41, 5.74) is 0. The van der Waals surface area contributed by atoms with E-state index in [0.29, 0.717) is 18.8 Å². The quantitative estimate of drug-likeness (QED) is 0.651. The highest BCUT2D eigenvalue weighted by atomic mass is 16.5. The van der Waals surface area contributed by atoms with Crippen LogP contribution < -0.4 is 5.32 Å². The van der Waals surface area contributed by atoms with E-state index in [0.717, 1.165) is 12.8 Å². The lowest BCUT2D eigenvalue weighted by Crippen LogP contribution is -2.33. The van der Waals surface area contributed by atoms with Crippen molar-refractivity contribution in [1.29, 1.82) is 0 Å². The van der Waals surface area contributed by atoms with Gasteiger partial charge < -0.3 is 15.2 Å². The maximum atomic E-state index is 8.56. The van der Waals surface area contributed by atoms with Crippen LogP contribution in [0.3, 0.4) is 0 Å². The molecule has 0 heterocycles. The van der Waals surface area contributed by atoms with Gasteiger partial charge in [-0.2, -0.15) is 0 Å². The summed E-state index contributed by atoms with van der Waals surface area (Å²) in [4.78, 5) is 0. The second-order valence-electron chi connectivity index (χ2n) is 3.36. The zero-order chi connectivity index (χ0) is 8.81. The zero-order valence-corrected chi connectivity index (χ0v) is 7.75. The molecule has 2 N–H and O–H groups in total. The van der Waals surface area contributed by atoms with Crippen LogP contribution >= 0.6 is 0 Å². The van der Waals surface area contributed by atoms with Crippen molar-refractivity contribution in [3.63, 3.8) is 0 Å². The van der Waals surface area contributed by atoms with Crippen molar-refractivity contribution in [2.45, 2.75) is 37.8 Å². The molecule has 12 heavy (non-hydrogen) atoms. The summed E-state index contributed by atoms with van der Waals surface area (Å²) in [5, 5.41) is 11.8. The normalized spacial score (nSPS) is 30.5. The van der Waals surface area contributed by atoms with Crippen LogP contribution in [0.1, 0.15) is 25.7 Å². The Bertz CT molecular complexity index is 111. The lowest BCUT2D eigenvalue weighted by atomic mass is 9.93. The monoisotopic (exact) mass is 173 g/mol. The molecule has 1 aliphatic carbocycles. The first-order valence-electron chi connectivity index (χ1n) is 4.76. The highest BCUT2D eigenvalue weighted by Crippen LogP contribution is 2.20.